The van der Waals surface area contributed by atoms with Crippen LogP contribution in [0.3, 0.4) is 0 Å². The molecule has 0 aliphatic carbocycles. The Balaban J connectivity index is 1.67. The van der Waals surface area contributed by atoms with Crippen molar-refractivity contribution in [1.82, 2.24) is 15.5 Å². The fourth-order valence-corrected chi connectivity index (χ4v) is 6.10. The Labute approximate surface area is 224 Å². The predicted octanol–water partition coefficient (Wildman–Crippen LogP) is 4.67. The number of aliphatic hydroxyl groups is 1. The van der Waals surface area contributed by atoms with E-state index < -0.39 is 17.5 Å². The van der Waals surface area contributed by atoms with Gasteiger partial charge in [0.1, 0.15) is 5.82 Å². The number of nitrogens with one attached hydrogen (secondary N) is 2. The number of nitrogens with zero attached hydrogens (tertiary/aromatic N) is 1. The van der Waals surface area contributed by atoms with Crippen LogP contribution in [0.25, 0.3) is 11.1 Å². The quantitative estimate of drug-likeness (QED) is 0.338. The molecule has 206 valence electrons. The van der Waals surface area contributed by atoms with Crippen molar-refractivity contribution in [3.8, 4) is 11.1 Å². The first kappa shape index (κ1) is 28.0. The second-order valence-electron chi connectivity index (χ2n) is 10.7. The maximum atomic E-state index is 15.5. The summed E-state index contributed by atoms with van der Waals surface area (Å²) in [6, 6.07) is 12.7. The van der Waals surface area contributed by atoms with Crippen molar-refractivity contribution in [2.45, 2.75) is 69.9 Å². The van der Waals surface area contributed by atoms with E-state index in [0.29, 0.717) is 49.0 Å². The number of likely N-dealkylation sites (tertiary alicyclic amines) is 1. The average molecular weight is 526 g/mol. The second-order valence-corrected chi connectivity index (χ2v) is 10.7. The molecule has 2 aromatic rings. The zero-order chi connectivity index (χ0) is 27.1. The Morgan fingerprint density at radius 2 is 2.00 bits per heavy atom. The van der Waals surface area contributed by atoms with E-state index in [-0.39, 0.29) is 30.8 Å². The molecule has 0 bridgehead atoms. The SMILES string of the molecule is CCc1cccc(-c2c(F)cccc2[C@](O)(CCCNC(=O)O)[C@@H]2CCCN(C(=O)CC3CCCN3)C2)c1. The minimum absolute atomic E-state index is 0.0825. The smallest absolute Gasteiger partial charge is 0.404 e. The first-order valence-corrected chi connectivity index (χ1v) is 13.9. The van der Waals surface area contributed by atoms with E-state index in [9.17, 15) is 14.7 Å². The number of halogens is 1. The number of piperidine rings is 1. The molecule has 2 aromatic carbocycles. The van der Waals surface area contributed by atoms with Gasteiger partial charge in [-0.2, -0.15) is 0 Å². The van der Waals surface area contributed by atoms with E-state index in [1.165, 1.54) is 6.07 Å². The summed E-state index contributed by atoms with van der Waals surface area (Å²) in [6.07, 6.45) is 4.27. The third-order valence-corrected chi connectivity index (χ3v) is 8.15. The molecule has 0 radical (unpaired) electrons. The number of hydrogen-bond acceptors (Lipinski definition) is 4. The standard InChI is InChI=1S/C30H40FN3O4/c1-2-21-8-3-9-22(18-21)28-25(12-4-13-26(28)31)30(38,14-7-16-33-29(36)37)23-10-6-17-34(20-23)27(35)19-24-11-5-15-32-24/h3-4,8-9,12-13,18,23-24,32-33,38H,2,5-7,10-11,14-17,19-20H2,1H3,(H,36,37)/t23-,24?,30+/m1/s1. The monoisotopic (exact) mass is 525 g/mol. The molecule has 4 rings (SSSR count). The van der Waals surface area contributed by atoms with Crippen molar-refractivity contribution in [3.63, 3.8) is 0 Å². The molecule has 8 heteroatoms. The molecule has 2 aliphatic heterocycles. The van der Waals surface area contributed by atoms with E-state index in [0.717, 1.165) is 37.8 Å². The number of carbonyl (C=O) groups is 2. The zero-order valence-electron chi connectivity index (χ0n) is 22.2. The summed E-state index contributed by atoms with van der Waals surface area (Å²) in [5.41, 5.74) is 1.20. The molecule has 3 atom stereocenters. The Bertz CT molecular complexity index is 1120. The van der Waals surface area contributed by atoms with Gasteiger partial charge >= 0.3 is 6.09 Å². The lowest BCUT2D eigenvalue weighted by Crippen LogP contribution is -2.49. The molecular weight excluding hydrogens is 485 g/mol. The second kappa shape index (κ2) is 12.7. The number of benzene rings is 2. The van der Waals surface area contributed by atoms with Crippen LogP contribution in [-0.2, 0) is 16.8 Å². The van der Waals surface area contributed by atoms with Gasteiger partial charge in [0.05, 0.1) is 5.60 Å². The maximum Gasteiger partial charge on any atom is 0.404 e. The van der Waals surface area contributed by atoms with Crippen LogP contribution in [0.2, 0.25) is 0 Å². The number of amides is 2. The van der Waals surface area contributed by atoms with Crippen molar-refractivity contribution in [2.75, 3.05) is 26.2 Å². The van der Waals surface area contributed by atoms with Crippen molar-refractivity contribution in [2.24, 2.45) is 5.92 Å². The summed E-state index contributed by atoms with van der Waals surface area (Å²) >= 11 is 0. The number of rotatable bonds is 10. The summed E-state index contributed by atoms with van der Waals surface area (Å²) in [7, 11) is 0. The summed E-state index contributed by atoms with van der Waals surface area (Å²) in [5, 5.41) is 27.2. The van der Waals surface area contributed by atoms with Gasteiger partial charge in [0.25, 0.3) is 0 Å². The van der Waals surface area contributed by atoms with Gasteiger partial charge in [-0.05, 0) is 74.2 Å². The molecule has 2 saturated heterocycles. The van der Waals surface area contributed by atoms with Gasteiger partial charge in [0.15, 0.2) is 0 Å². The van der Waals surface area contributed by atoms with E-state index in [1.807, 2.05) is 36.1 Å². The molecule has 2 aliphatic rings. The van der Waals surface area contributed by atoms with Crippen LogP contribution >= 0.6 is 0 Å². The van der Waals surface area contributed by atoms with Gasteiger partial charge in [-0.15, -0.1) is 0 Å². The van der Waals surface area contributed by atoms with Gasteiger partial charge in [-0.3, -0.25) is 4.79 Å². The first-order valence-electron chi connectivity index (χ1n) is 13.9. The molecule has 2 amide bonds. The van der Waals surface area contributed by atoms with Gasteiger partial charge in [-0.1, -0.05) is 43.3 Å². The van der Waals surface area contributed by atoms with Crippen molar-refractivity contribution in [1.29, 1.82) is 0 Å². The fourth-order valence-electron chi connectivity index (χ4n) is 6.10. The van der Waals surface area contributed by atoms with Crippen LogP contribution in [0.4, 0.5) is 9.18 Å². The minimum Gasteiger partial charge on any atom is -0.465 e. The molecule has 0 spiro atoms. The molecule has 2 fully saturated rings. The number of carboxylic acid groups (broad SMARTS) is 1. The highest BCUT2D eigenvalue weighted by atomic mass is 19.1. The lowest BCUT2D eigenvalue weighted by molar-refractivity contribution is -0.137. The molecule has 2 heterocycles. The van der Waals surface area contributed by atoms with Crippen molar-refractivity contribution >= 4 is 12.0 Å². The van der Waals surface area contributed by atoms with Crippen LogP contribution in [0, 0.1) is 11.7 Å². The van der Waals surface area contributed by atoms with Crippen LogP contribution in [0.15, 0.2) is 42.5 Å². The zero-order valence-corrected chi connectivity index (χ0v) is 22.2. The topological polar surface area (TPSA) is 102 Å². The molecule has 4 N–H and O–H groups in total. The summed E-state index contributed by atoms with van der Waals surface area (Å²) in [6.45, 7) is 4.19. The number of hydrogen-bond donors (Lipinski definition) is 4. The lowest BCUT2D eigenvalue weighted by atomic mass is 9.72. The predicted molar refractivity (Wildman–Crippen MR) is 145 cm³/mol. The van der Waals surface area contributed by atoms with Crippen LogP contribution in [0.5, 0.6) is 0 Å². The summed E-state index contributed by atoms with van der Waals surface area (Å²) in [5.74, 6) is -0.635. The van der Waals surface area contributed by atoms with Crippen LogP contribution in [0.1, 0.15) is 63.0 Å². The Morgan fingerprint density at radius 1 is 1.18 bits per heavy atom. The highest BCUT2D eigenvalue weighted by molar-refractivity contribution is 5.77. The van der Waals surface area contributed by atoms with E-state index in [2.05, 4.69) is 10.6 Å². The molecule has 1 unspecified atom stereocenters. The Kier molecular flexibility index (Phi) is 9.39. The Morgan fingerprint density at radius 3 is 2.74 bits per heavy atom. The highest BCUT2D eigenvalue weighted by Crippen LogP contribution is 2.44. The average Bonchev–Trinajstić information content (AvgIpc) is 3.44. The van der Waals surface area contributed by atoms with Gasteiger partial charge < -0.3 is 25.7 Å². The van der Waals surface area contributed by atoms with Crippen molar-refractivity contribution < 1.29 is 24.2 Å². The normalized spacial score (nSPS) is 21.2. The molecule has 0 aromatic heterocycles. The largest absolute Gasteiger partial charge is 0.465 e. The first-order chi connectivity index (χ1) is 18.3. The van der Waals surface area contributed by atoms with Crippen molar-refractivity contribution in [3.05, 3.63) is 59.4 Å². The maximum absolute atomic E-state index is 15.5. The lowest BCUT2D eigenvalue weighted by Gasteiger charge is -2.44. The summed E-state index contributed by atoms with van der Waals surface area (Å²) < 4.78 is 15.5. The van der Waals surface area contributed by atoms with E-state index >= 15 is 4.39 Å². The van der Waals surface area contributed by atoms with E-state index in [4.69, 9.17) is 5.11 Å². The van der Waals surface area contributed by atoms with Crippen LogP contribution < -0.4 is 10.6 Å². The number of aryl methyl sites for hydroxylation is 1. The molecule has 0 saturated carbocycles. The molecule has 7 nitrogen and oxygen atoms in total. The Hall–Kier alpha value is -2.97. The summed E-state index contributed by atoms with van der Waals surface area (Å²) in [4.78, 5) is 26.1. The van der Waals surface area contributed by atoms with Gasteiger partial charge in [0, 0.05) is 43.6 Å². The highest BCUT2D eigenvalue weighted by Gasteiger charge is 2.43. The third kappa shape index (κ3) is 6.53. The molecule has 38 heavy (non-hydrogen) atoms. The van der Waals surface area contributed by atoms with E-state index in [1.54, 1.807) is 12.1 Å². The van der Waals surface area contributed by atoms with Gasteiger partial charge in [0.2, 0.25) is 5.91 Å². The molecular formula is C30H40FN3O4. The van der Waals surface area contributed by atoms with Crippen LogP contribution in [-0.4, -0.2) is 59.3 Å². The van der Waals surface area contributed by atoms with Gasteiger partial charge in [-0.25, -0.2) is 9.18 Å². The third-order valence-electron chi connectivity index (χ3n) is 8.15. The minimum atomic E-state index is -1.44. The number of carbonyl (C=O) groups excluding carboxylic acids is 1. The fraction of sp³-hybridized carbons (Fsp3) is 0.533.